The molecule has 0 aliphatic carbocycles. The first kappa shape index (κ1) is 32.7. The molecule has 8 heteroatoms. The lowest BCUT2D eigenvalue weighted by Crippen LogP contribution is -2.63. The molecule has 2 fully saturated rings. The van der Waals surface area contributed by atoms with Crippen LogP contribution in [0.4, 0.5) is 9.59 Å². The Balaban J connectivity index is 1.96. The summed E-state index contributed by atoms with van der Waals surface area (Å²) in [6.07, 6.45) is 7.92. The number of unbranched alkanes of at least 4 members (excludes halogenated alkanes) is 3. The van der Waals surface area contributed by atoms with Crippen molar-refractivity contribution in [1.82, 2.24) is 30.2 Å². The maximum Gasteiger partial charge on any atom is 0.319 e. The van der Waals surface area contributed by atoms with E-state index in [1.807, 2.05) is 28.2 Å². The molecular formula is C30H60N6O2. The smallest absolute Gasteiger partial charge is 0.319 e. The van der Waals surface area contributed by atoms with Crippen molar-refractivity contribution in [3.05, 3.63) is 0 Å². The summed E-state index contributed by atoms with van der Waals surface area (Å²) in [4.78, 5) is 34.0. The Kier molecular flexibility index (Phi) is 10.6. The lowest BCUT2D eigenvalue weighted by Gasteiger charge is -2.50. The van der Waals surface area contributed by atoms with Crippen LogP contribution < -0.4 is 10.6 Å². The summed E-state index contributed by atoms with van der Waals surface area (Å²) in [6, 6.07) is 0.691. The van der Waals surface area contributed by atoms with Crippen LogP contribution >= 0.6 is 0 Å². The molecular weight excluding hydrogens is 476 g/mol. The van der Waals surface area contributed by atoms with Gasteiger partial charge in [-0.25, -0.2) is 9.59 Å². The molecule has 0 atom stereocenters. The van der Waals surface area contributed by atoms with E-state index in [4.69, 9.17) is 0 Å². The second-order valence-electron chi connectivity index (χ2n) is 15.1. The van der Waals surface area contributed by atoms with Gasteiger partial charge in [0.25, 0.3) is 0 Å². The molecule has 2 aliphatic heterocycles. The first-order valence-electron chi connectivity index (χ1n) is 14.8. The Morgan fingerprint density at radius 3 is 1.05 bits per heavy atom. The maximum atomic E-state index is 13.2. The molecule has 222 valence electrons. The van der Waals surface area contributed by atoms with Crippen molar-refractivity contribution in [2.45, 2.75) is 141 Å². The molecule has 0 aromatic rings. The number of carbonyl (C=O) groups is 2. The van der Waals surface area contributed by atoms with E-state index in [2.05, 4.69) is 75.8 Å². The van der Waals surface area contributed by atoms with E-state index in [1.165, 1.54) is 0 Å². The van der Waals surface area contributed by atoms with Gasteiger partial charge in [0, 0.05) is 75.5 Å². The van der Waals surface area contributed by atoms with Crippen LogP contribution in [0.15, 0.2) is 0 Å². The third-order valence-electron chi connectivity index (χ3n) is 8.02. The van der Waals surface area contributed by atoms with Crippen molar-refractivity contribution >= 4 is 12.1 Å². The second-order valence-corrected chi connectivity index (χ2v) is 15.1. The summed E-state index contributed by atoms with van der Waals surface area (Å²) in [7, 11) is 7.41. The lowest BCUT2D eigenvalue weighted by molar-refractivity contribution is 0.0699. The van der Waals surface area contributed by atoms with Gasteiger partial charge < -0.3 is 30.2 Å². The predicted molar refractivity (Wildman–Crippen MR) is 159 cm³/mol. The van der Waals surface area contributed by atoms with E-state index in [1.54, 1.807) is 9.80 Å². The molecule has 0 aromatic heterocycles. The minimum Gasteiger partial charge on any atom is -0.331 e. The highest BCUT2D eigenvalue weighted by atomic mass is 16.2. The minimum atomic E-state index is -0.00252. The molecule has 0 saturated carbocycles. The van der Waals surface area contributed by atoms with Crippen molar-refractivity contribution in [1.29, 1.82) is 0 Å². The van der Waals surface area contributed by atoms with Crippen molar-refractivity contribution in [3.8, 4) is 0 Å². The molecule has 2 rings (SSSR count). The van der Waals surface area contributed by atoms with Gasteiger partial charge in [-0.3, -0.25) is 0 Å². The summed E-state index contributed by atoms with van der Waals surface area (Å²) in [6.45, 7) is 19.5. The van der Waals surface area contributed by atoms with Crippen molar-refractivity contribution in [2.24, 2.45) is 0 Å². The fourth-order valence-electron chi connectivity index (χ4n) is 7.28. The van der Waals surface area contributed by atoms with Gasteiger partial charge in [0.15, 0.2) is 0 Å². The van der Waals surface area contributed by atoms with Crippen molar-refractivity contribution in [2.75, 3.05) is 41.3 Å². The maximum absolute atomic E-state index is 13.2. The first-order valence-corrected chi connectivity index (χ1v) is 14.8. The number of nitrogens with one attached hydrogen (secondary N) is 2. The van der Waals surface area contributed by atoms with E-state index in [9.17, 15) is 9.59 Å². The van der Waals surface area contributed by atoms with Crippen LogP contribution in [-0.4, -0.2) is 107 Å². The molecule has 0 unspecified atom stereocenters. The molecule has 0 aromatic carbocycles. The topological polar surface area (TPSA) is 71.2 Å². The number of hydrogen-bond donors (Lipinski definition) is 2. The van der Waals surface area contributed by atoms with Gasteiger partial charge in [-0.05, 0) is 93.9 Å². The molecule has 8 nitrogen and oxygen atoms in total. The van der Waals surface area contributed by atoms with Crippen molar-refractivity contribution in [3.63, 3.8) is 0 Å². The Labute approximate surface area is 234 Å². The average Bonchev–Trinajstić information content (AvgIpc) is 2.70. The molecule has 4 amide bonds. The van der Waals surface area contributed by atoms with E-state index in [0.29, 0.717) is 0 Å². The minimum absolute atomic E-state index is 0.00252. The first-order chi connectivity index (χ1) is 17.2. The quantitative estimate of drug-likeness (QED) is 0.401. The average molecular weight is 537 g/mol. The second kappa shape index (κ2) is 12.3. The standard InChI is InChI=1S/C30H60N6O2/c1-27(2)19-23(20-28(3,4)31-27)35(25(37)33(9)10)17-15-13-14-16-18-36(26(38)34(11)12)24-21-29(5,6)32-30(7,8)22-24/h23-24,31-32H,13-22H2,1-12H3. The third kappa shape index (κ3) is 9.58. The van der Waals surface area contributed by atoms with Crippen LogP contribution in [0, 0.1) is 0 Å². The monoisotopic (exact) mass is 536 g/mol. The fourth-order valence-corrected chi connectivity index (χ4v) is 7.28. The number of urea groups is 2. The molecule has 38 heavy (non-hydrogen) atoms. The summed E-state index contributed by atoms with van der Waals surface area (Å²) >= 11 is 0. The summed E-state index contributed by atoms with van der Waals surface area (Å²) in [5.41, 5.74) is -0.0101. The fraction of sp³-hybridized carbons (Fsp3) is 0.933. The zero-order chi connectivity index (χ0) is 29.1. The summed E-state index contributed by atoms with van der Waals surface area (Å²) in [5.74, 6) is 0. The molecule has 2 saturated heterocycles. The van der Waals surface area contributed by atoms with Crippen LogP contribution in [-0.2, 0) is 0 Å². The third-order valence-corrected chi connectivity index (χ3v) is 8.02. The number of piperidine rings is 2. The van der Waals surface area contributed by atoms with Crippen LogP contribution in [0.5, 0.6) is 0 Å². The zero-order valence-electron chi connectivity index (χ0n) is 26.8. The molecule has 0 radical (unpaired) electrons. The number of carbonyl (C=O) groups excluding carboxylic acids is 2. The summed E-state index contributed by atoms with van der Waals surface area (Å²) < 4.78 is 0. The molecule has 0 bridgehead atoms. The van der Waals surface area contributed by atoms with Crippen LogP contribution in [0.25, 0.3) is 0 Å². The largest absolute Gasteiger partial charge is 0.331 e. The lowest BCUT2D eigenvalue weighted by atomic mass is 9.79. The number of amides is 4. The number of hydrogen-bond acceptors (Lipinski definition) is 4. The number of rotatable bonds is 9. The van der Waals surface area contributed by atoms with Crippen molar-refractivity contribution < 1.29 is 9.59 Å². The van der Waals surface area contributed by atoms with E-state index >= 15 is 0 Å². The SMILES string of the molecule is CN(C)C(=O)N(CCCCCCN(C(=O)N(C)C)C1CC(C)(C)NC(C)(C)C1)C1CC(C)(C)NC(C)(C)C1. The number of nitrogens with zero attached hydrogens (tertiary/aromatic N) is 4. The Bertz CT molecular complexity index is 707. The van der Waals surface area contributed by atoms with Gasteiger partial charge in [-0.2, -0.15) is 0 Å². The van der Waals surface area contributed by atoms with Gasteiger partial charge in [0.1, 0.15) is 0 Å². The van der Waals surface area contributed by atoms with Gasteiger partial charge in [-0.1, -0.05) is 12.8 Å². The summed E-state index contributed by atoms with van der Waals surface area (Å²) in [5, 5.41) is 7.48. The van der Waals surface area contributed by atoms with Crippen LogP contribution in [0.1, 0.15) is 107 Å². The molecule has 2 heterocycles. The van der Waals surface area contributed by atoms with E-state index in [0.717, 1.165) is 64.5 Å². The Morgan fingerprint density at radius 1 is 0.553 bits per heavy atom. The predicted octanol–water partition coefficient (Wildman–Crippen LogP) is 5.13. The van der Waals surface area contributed by atoms with Gasteiger partial charge in [0.05, 0.1) is 0 Å². The van der Waals surface area contributed by atoms with Gasteiger partial charge >= 0.3 is 12.1 Å². The molecule has 2 N–H and O–H groups in total. The Hall–Kier alpha value is -1.54. The highest BCUT2D eigenvalue weighted by molar-refractivity contribution is 5.74. The highest BCUT2D eigenvalue weighted by Crippen LogP contribution is 2.33. The van der Waals surface area contributed by atoms with Crippen LogP contribution in [0.3, 0.4) is 0 Å². The molecule has 2 aliphatic rings. The normalized spacial score (nSPS) is 22.5. The van der Waals surface area contributed by atoms with Gasteiger partial charge in [-0.15, -0.1) is 0 Å². The van der Waals surface area contributed by atoms with E-state index < -0.39 is 0 Å². The van der Waals surface area contributed by atoms with E-state index in [-0.39, 0.29) is 46.3 Å². The highest BCUT2D eigenvalue weighted by Gasteiger charge is 2.42. The Morgan fingerprint density at radius 2 is 0.816 bits per heavy atom. The zero-order valence-corrected chi connectivity index (χ0v) is 26.8. The van der Waals surface area contributed by atoms with Gasteiger partial charge in [0.2, 0.25) is 0 Å². The molecule has 0 spiro atoms. The van der Waals surface area contributed by atoms with Crippen LogP contribution in [0.2, 0.25) is 0 Å².